The third-order valence-corrected chi connectivity index (χ3v) is 4.67. The van der Waals surface area contributed by atoms with Crippen LogP contribution in [0.2, 0.25) is 0 Å². The predicted octanol–water partition coefficient (Wildman–Crippen LogP) is 2.70. The number of hydrogen-bond acceptors (Lipinski definition) is 4. The zero-order valence-corrected chi connectivity index (χ0v) is 12.9. The number of hydrogen-bond donors (Lipinski definition) is 1. The van der Waals surface area contributed by atoms with E-state index in [4.69, 9.17) is 4.74 Å². The summed E-state index contributed by atoms with van der Waals surface area (Å²) in [7, 11) is 1.50. The number of thioether (sulfide) groups is 1. The van der Waals surface area contributed by atoms with Crippen LogP contribution in [-0.2, 0) is 9.53 Å². The van der Waals surface area contributed by atoms with Crippen molar-refractivity contribution in [2.24, 2.45) is 11.8 Å². The normalized spacial score (nSPS) is 18.7. The van der Waals surface area contributed by atoms with Crippen LogP contribution in [0.25, 0.3) is 0 Å². The van der Waals surface area contributed by atoms with E-state index < -0.39 is 5.54 Å². The monoisotopic (exact) mass is 273 g/mol. The lowest BCUT2D eigenvalue weighted by Crippen LogP contribution is -2.56. The second kappa shape index (κ2) is 7.39. The van der Waals surface area contributed by atoms with Gasteiger partial charge in [-0.25, -0.2) is 0 Å². The smallest absolute Gasteiger partial charge is 0.327 e. The summed E-state index contributed by atoms with van der Waals surface area (Å²) in [5, 5.41) is 3.40. The molecule has 106 valence electrons. The minimum Gasteiger partial charge on any atom is -0.468 e. The molecule has 0 spiro atoms. The van der Waals surface area contributed by atoms with E-state index in [1.165, 1.54) is 13.5 Å². The summed E-state index contributed by atoms with van der Waals surface area (Å²) in [6.45, 7) is 7.34. The molecule has 18 heavy (non-hydrogen) atoms. The standard InChI is InChI=1S/C14H27NO2S/c1-5-15-14(12-6-7-12,13(16)17-4)10-18-9-8-11(2)3/h11-12,15H,5-10H2,1-4H3. The highest BCUT2D eigenvalue weighted by atomic mass is 32.2. The molecular formula is C14H27NO2S. The minimum absolute atomic E-state index is 0.0797. The summed E-state index contributed by atoms with van der Waals surface area (Å²) in [5.74, 6) is 3.07. The molecule has 0 heterocycles. The van der Waals surface area contributed by atoms with Gasteiger partial charge < -0.3 is 10.1 Å². The van der Waals surface area contributed by atoms with Gasteiger partial charge in [0.1, 0.15) is 5.54 Å². The zero-order valence-electron chi connectivity index (χ0n) is 12.1. The third kappa shape index (κ3) is 4.16. The van der Waals surface area contributed by atoms with Crippen LogP contribution in [0.3, 0.4) is 0 Å². The van der Waals surface area contributed by atoms with E-state index >= 15 is 0 Å². The Balaban J connectivity index is 2.55. The number of carbonyl (C=O) groups is 1. The van der Waals surface area contributed by atoms with Crippen molar-refractivity contribution >= 4 is 17.7 Å². The van der Waals surface area contributed by atoms with E-state index in [0.29, 0.717) is 5.92 Å². The highest BCUT2D eigenvalue weighted by Crippen LogP contribution is 2.42. The van der Waals surface area contributed by atoms with Gasteiger partial charge in [-0.2, -0.15) is 11.8 Å². The molecule has 0 amide bonds. The van der Waals surface area contributed by atoms with Gasteiger partial charge in [0.25, 0.3) is 0 Å². The van der Waals surface area contributed by atoms with Gasteiger partial charge in [0.05, 0.1) is 7.11 Å². The third-order valence-electron chi connectivity index (χ3n) is 3.49. The molecule has 0 saturated heterocycles. The molecule has 0 aromatic carbocycles. The van der Waals surface area contributed by atoms with Crippen molar-refractivity contribution in [3.63, 3.8) is 0 Å². The van der Waals surface area contributed by atoms with E-state index in [1.54, 1.807) is 0 Å². The molecule has 1 aliphatic carbocycles. The first-order valence-electron chi connectivity index (χ1n) is 6.98. The van der Waals surface area contributed by atoms with E-state index in [1.807, 2.05) is 11.8 Å². The maximum Gasteiger partial charge on any atom is 0.327 e. The maximum absolute atomic E-state index is 12.1. The second-order valence-corrected chi connectivity index (χ2v) is 6.61. The van der Waals surface area contributed by atoms with Crippen molar-refractivity contribution in [3.05, 3.63) is 0 Å². The minimum atomic E-state index is -0.439. The van der Waals surface area contributed by atoms with Crippen LogP contribution in [0.4, 0.5) is 0 Å². The van der Waals surface area contributed by atoms with Crippen LogP contribution < -0.4 is 5.32 Å². The van der Waals surface area contributed by atoms with Crippen LogP contribution in [-0.4, -0.2) is 36.7 Å². The van der Waals surface area contributed by atoms with Crippen LogP contribution >= 0.6 is 11.8 Å². The fourth-order valence-electron chi connectivity index (χ4n) is 2.24. The van der Waals surface area contributed by atoms with Gasteiger partial charge in [-0.3, -0.25) is 4.79 Å². The van der Waals surface area contributed by atoms with E-state index in [9.17, 15) is 4.79 Å². The molecule has 3 nitrogen and oxygen atoms in total. The first-order chi connectivity index (χ1) is 8.56. The molecule has 1 fully saturated rings. The Hall–Kier alpha value is -0.220. The van der Waals surface area contributed by atoms with Crippen molar-refractivity contribution in [1.29, 1.82) is 0 Å². The van der Waals surface area contributed by atoms with Crippen molar-refractivity contribution in [1.82, 2.24) is 5.32 Å². The molecule has 0 aromatic rings. The van der Waals surface area contributed by atoms with E-state index in [-0.39, 0.29) is 5.97 Å². The highest BCUT2D eigenvalue weighted by Gasteiger charge is 2.51. The maximum atomic E-state index is 12.1. The van der Waals surface area contributed by atoms with Gasteiger partial charge in [0.15, 0.2) is 0 Å². The predicted molar refractivity (Wildman–Crippen MR) is 77.9 cm³/mol. The molecule has 0 radical (unpaired) electrons. The summed E-state index contributed by atoms with van der Waals surface area (Å²) in [6.07, 6.45) is 3.50. The Morgan fingerprint density at radius 1 is 1.50 bits per heavy atom. The lowest BCUT2D eigenvalue weighted by molar-refractivity contribution is -0.148. The molecule has 1 N–H and O–H groups in total. The van der Waals surface area contributed by atoms with Gasteiger partial charge in [-0.1, -0.05) is 20.8 Å². The summed E-state index contributed by atoms with van der Waals surface area (Å²) >= 11 is 1.88. The van der Waals surface area contributed by atoms with E-state index in [2.05, 4.69) is 26.1 Å². The molecule has 4 heteroatoms. The molecular weight excluding hydrogens is 246 g/mol. The Kier molecular flexibility index (Phi) is 6.50. The zero-order chi connectivity index (χ0) is 13.6. The Morgan fingerprint density at radius 3 is 2.61 bits per heavy atom. The molecule has 1 atom stereocenters. The van der Waals surface area contributed by atoms with Crippen LogP contribution in [0, 0.1) is 11.8 Å². The lowest BCUT2D eigenvalue weighted by atomic mass is 9.95. The number of rotatable bonds is 9. The van der Waals surface area contributed by atoms with Gasteiger partial charge in [-0.15, -0.1) is 0 Å². The van der Waals surface area contributed by atoms with Crippen LogP contribution in [0.15, 0.2) is 0 Å². The second-order valence-electron chi connectivity index (χ2n) is 5.50. The SMILES string of the molecule is CCNC(CSCCC(C)C)(C(=O)OC)C1CC1. The highest BCUT2D eigenvalue weighted by molar-refractivity contribution is 7.99. The van der Waals surface area contributed by atoms with Crippen molar-refractivity contribution < 1.29 is 9.53 Å². The van der Waals surface area contributed by atoms with Crippen LogP contribution in [0.5, 0.6) is 0 Å². The number of esters is 1. The molecule has 0 bridgehead atoms. The summed E-state index contributed by atoms with van der Waals surface area (Å²) in [5.41, 5.74) is -0.439. The molecule has 1 aliphatic rings. The largest absolute Gasteiger partial charge is 0.468 e. The molecule has 1 saturated carbocycles. The first kappa shape index (κ1) is 15.8. The molecule has 1 rings (SSSR count). The number of nitrogens with one attached hydrogen (secondary N) is 1. The number of likely N-dealkylation sites (N-methyl/N-ethyl adjacent to an activating group) is 1. The van der Waals surface area contributed by atoms with Crippen molar-refractivity contribution in [2.45, 2.75) is 45.6 Å². The van der Waals surface area contributed by atoms with Gasteiger partial charge in [0, 0.05) is 5.75 Å². The van der Waals surface area contributed by atoms with Crippen LogP contribution in [0.1, 0.15) is 40.0 Å². The molecule has 0 aliphatic heterocycles. The van der Waals surface area contributed by atoms with Gasteiger partial charge in [-0.05, 0) is 43.4 Å². The number of carbonyl (C=O) groups excluding carboxylic acids is 1. The molecule has 1 unspecified atom stereocenters. The molecule has 0 aromatic heterocycles. The van der Waals surface area contributed by atoms with E-state index in [0.717, 1.165) is 36.8 Å². The topological polar surface area (TPSA) is 38.3 Å². The fraction of sp³-hybridized carbons (Fsp3) is 0.929. The van der Waals surface area contributed by atoms with Crippen molar-refractivity contribution in [2.75, 3.05) is 25.2 Å². The van der Waals surface area contributed by atoms with Crippen molar-refractivity contribution in [3.8, 4) is 0 Å². The quantitative estimate of drug-likeness (QED) is 0.518. The Bertz CT molecular complexity index is 267. The summed E-state index contributed by atoms with van der Waals surface area (Å²) in [6, 6.07) is 0. The fourth-order valence-corrected chi connectivity index (χ4v) is 3.80. The van der Waals surface area contributed by atoms with Gasteiger partial charge in [0.2, 0.25) is 0 Å². The van der Waals surface area contributed by atoms with Gasteiger partial charge >= 0.3 is 5.97 Å². The first-order valence-corrected chi connectivity index (χ1v) is 8.13. The average molecular weight is 273 g/mol. The number of methoxy groups -OCH3 is 1. The number of ether oxygens (including phenoxy) is 1. The Labute approximate surface area is 115 Å². The summed E-state index contributed by atoms with van der Waals surface area (Å²) in [4.78, 5) is 12.1. The average Bonchev–Trinajstić information content (AvgIpc) is 3.16. The summed E-state index contributed by atoms with van der Waals surface area (Å²) < 4.78 is 5.03. The lowest BCUT2D eigenvalue weighted by Gasteiger charge is -2.31. The Morgan fingerprint density at radius 2 is 2.17 bits per heavy atom.